The Bertz CT molecular complexity index is 770. The van der Waals surface area contributed by atoms with Crippen molar-refractivity contribution in [2.24, 2.45) is 11.7 Å². The number of primary amides is 1. The standard InChI is InChI=1S/C20H24N2O4/c1-13(2)10-11-26-17-9-6-15(12-18(17)25-3)20(24)22-16-7-4-14(5-8-16)19(21)23/h4-9,12-13H,10-11H2,1-3H3,(H2,21,23)(H,22,24). The maximum atomic E-state index is 12.4. The van der Waals surface area contributed by atoms with Crippen LogP contribution in [0.4, 0.5) is 5.69 Å². The minimum atomic E-state index is -0.513. The number of hydrogen-bond acceptors (Lipinski definition) is 4. The minimum absolute atomic E-state index is 0.288. The predicted octanol–water partition coefficient (Wildman–Crippen LogP) is 3.47. The van der Waals surface area contributed by atoms with Gasteiger partial charge in [0.25, 0.3) is 5.91 Å². The highest BCUT2D eigenvalue weighted by Gasteiger charge is 2.12. The number of carbonyl (C=O) groups is 2. The molecule has 0 bridgehead atoms. The number of amides is 2. The molecular weight excluding hydrogens is 332 g/mol. The Labute approximate surface area is 153 Å². The van der Waals surface area contributed by atoms with Crippen LogP contribution in [0.2, 0.25) is 0 Å². The summed E-state index contributed by atoms with van der Waals surface area (Å²) >= 11 is 0. The van der Waals surface area contributed by atoms with E-state index in [0.29, 0.717) is 40.8 Å². The van der Waals surface area contributed by atoms with Crippen molar-refractivity contribution < 1.29 is 19.1 Å². The van der Waals surface area contributed by atoms with Crippen molar-refractivity contribution in [3.8, 4) is 11.5 Å². The van der Waals surface area contributed by atoms with Crippen LogP contribution in [0.1, 0.15) is 41.0 Å². The van der Waals surface area contributed by atoms with Crippen molar-refractivity contribution in [2.45, 2.75) is 20.3 Å². The van der Waals surface area contributed by atoms with E-state index < -0.39 is 5.91 Å². The molecule has 2 rings (SSSR count). The molecule has 0 saturated carbocycles. The number of anilines is 1. The Hall–Kier alpha value is -3.02. The fourth-order valence-corrected chi connectivity index (χ4v) is 2.25. The highest BCUT2D eigenvalue weighted by Crippen LogP contribution is 2.28. The fourth-order valence-electron chi connectivity index (χ4n) is 2.25. The van der Waals surface area contributed by atoms with Gasteiger partial charge >= 0.3 is 0 Å². The molecule has 2 aromatic carbocycles. The van der Waals surface area contributed by atoms with E-state index in [0.717, 1.165) is 6.42 Å². The fraction of sp³-hybridized carbons (Fsp3) is 0.300. The van der Waals surface area contributed by atoms with Crippen molar-refractivity contribution in [1.82, 2.24) is 0 Å². The molecule has 0 heterocycles. The molecule has 0 saturated heterocycles. The SMILES string of the molecule is COc1cc(C(=O)Nc2ccc(C(N)=O)cc2)ccc1OCCC(C)C. The normalized spacial score (nSPS) is 10.5. The van der Waals surface area contributed by atoms with Gasteiger partial charge in [0, 0.05) is 16.8 Å². The lowest BCUT2D eigenvalue weighted by Crippen LogP contribution is -2.13. The monoisotopic (exact) mass is 356 g/mol. The van der Waals surface area contributed by atoms with Crippen molar-refractivity contribution >= 4 is 17.5 Å². The summed E-state index contributed by atoms with van der Waals surface area (Å²) in [4.78, 5) is 23.5. The van der Waals surface area contributed by atoms with E-state index in [9.17, 15) is 9.59 Å². The molecule has 6 nitrogen and oxygen atoms in total. The number of methoxy groups -OCH3 is 1. The van der Waals surface area contributed by atoms with Gasteiger partial charge in [-0.1, -0.05) is 13.8 Å². The summed E-state index contributed by atoms with van der Waals surface area (Å²) in [6, 6.07) is 11.4. The highest BCUT2D eigenvalue weighted by molar-refractivity contribution is 6.05. The average molecular weight is 356 g/mol. The molecule has 3 N–H and O–H groups in total. The van der Waals surface area contributed by atoms with Crippen LogP contribution in [0.3, 0.4) is 0 Å². The van der Waals surface area contributed by atoms with Gasteiger partial charge < -0.3 is 20.5 Å². The number of carbonyl (C=O) groups excluding carboxylic acids is 2. The van der Waals surface area contributed by atoms with Gasteiger partial charge in [0.1, 0.15) is 0 Å². The predicted molar refractivity (Wildman–Crippen MR) is 101 cm³/mol. The zero-order chi connectivity index (χ0) is 19.1. The zero-order valence-electron chi connectivity index (χ0n) is 15.2. The summed E-state index contributed by atoms with van der Waals surface area (Å²) in [5.74, 6) is 0.859. The molecule has 138 valence electrons. The van der Waals surface area contributed by atoms with Crippen LogP contribution in [0, 0.1) is 5.92 Å². The van der Waals surface area contributed by atoms with E-state index in [-0.39, 0.29) is 5.91 Å². The third kappa shape index (κ3) is 5.24. The highest BCUT2D eigenvalue weighted by atomic mass is 16.5. The second kappa shape index (κ2) is 8.89. The largest absolute Gasteiger partial charge is 0.493 e. The van der Waals surface area contributed by atoms with E-state index in [4.69, 9.17) is 15.2 Å². The Kier molecular flexibility index (Phi) is 6.60. The Balaban J connectivity index is 2.07. The average Bonchev–Trinajstić information content (AvgIpc) is 2.62. The molecule has 0 unspecified atom stereocenters. The third-order valence-electron chi connectivity index (χ3n) is 3.81. The number of nitrogens with one attached hydrogen (secondary N) is 1. The Morgan fingerprint density at radius 3 is 2.27 bits per heavy atom. The van der Waals surface area contributed by atoms with E-state index in [2.05, 4.69) is 19.2 Å². The summed E-state index contributed by atoms with van der Waals surface area (Å²) in [6.45, 7) is 4.85. The lowest BCUT2D eigenvalue weighted by atomic mass is 10.1. The molecule has 2 aromatic rings. The van der Waals surface area contributed by atoms with Gasteiger partial charge in [-0.05, 0) is 54.8 Å². The first-order valence-electron chi connectivity index (χ1n) is 8.42. The molecular formula is C20H24N2O4. The maximum Gasteiger partial charge on any atom is 0.255 e. The second-order valence-corrected chi connectivity index (χ2v) is 6.29. The number of nitrogens with two attached hydrogens (primary N) is 1. The van der Waals surface area contributed by atoms with Crippen LogP contribution >= 0.6 is 0 Å². The van der Waals surface area contributed by atoms with Crippen LogP contribution in [0.25, 0.3) is 0 Å². The minimum Gasteiger partial charge on any atom is -0.493 e. The molecule has 0 fully saturated rings. The first kappa shape index (κ1) is 19.3. The molecule has 0 aliphatic rings. The molecule has 0 atom stereocenters. The van der Waals surface area contributed by atoms with Gasteiger partial charge in [-0.2, -0.15) is 0 Å². The van der Waals surface area contributed by atoms with Crippen molar-refractivity contribution in [1.29, 1.82) is 0 Å². The van der Waals surface area contributed by atoms with Crippen LogP contribution in [0.5, 0.6) is 11.5 Å². The van der Waals surface area contributed by atoms with Crippen molar-refractivity contribution in [2.75, 3.05) is 19.0 Å². The Morgan fingerprint density at radius 2 is 1.69 bits per heavy atom. The third-order valence-corrected chi connectivity index (χ3v) is 3.81. The zero-order valence-corrected chi connectivity index (χ0v) is 15.2. The summed E-state index contributed by atoms with van der Waals surface area (Å²) in [5, 5.41) is 2.77. The molecule has 26 heavy (non-hydrogen) atoms. The smallest absolute Gasteiger partial charge is 0.255 e. The van der Waals surface area contributed by atoms with Crippen LogP contribution in [-0.4, -0.2) is 25.5 Å². The first-order valence-corrected chi connectivity index (χ1v) is 8.42. The first-order chi connectivity index (χ1) is 12.4. The summed E-state index contributed by atoms with van der Waals surface area (Å²) in [6.07, 6.45) is 0.937. The van der Waals surface area contributed by atoms with E-state index in [1.165, 1.54) is 7.11 Å². The number of ether oxygens (including phenoxy) is 2. The van der Waals surface area contributed by atoms with Gasteiger partial charge in [-0.15, -0.1) is 0 Å². The molecule has 0 spiro atoms. The van der Waals surface area contributed by atoms with Gasteiger partial charge in [0.05, 0.1) is 13.7 Å². The van der Waals surface area contributed by atoms with E-state index in [1.54, 1.807) is 42.5 Å². The summed E-state index contributed by atoms with van der Waals surface area (Å²) in [5.41, 5.74) is 6.59. The number of hydrogen-bond donors (Lipinski definition) is 2. The Morgan fingerprint density at radius 1 is 1.04 bits per heavy atom. The van der Waals surface area contributed by atoms with E-state index in [1.807, 2.05) is 0 Å². The molecule has 0 aliphatic heterocycles. The lowest BCUT2D eigenvalue weighted by molar-refractivity contribution is 0.0998. The van der Waals surface area contributed by atoms with Crippen molar-refractivity contribution in [3.05, 3.63) is 53.6 Å². The molecule has 6 heteroatoms. The van der Waals surface area contributed by atoms with Gasteiger partial charge in [0.15, 0.2) is 11.5 Å². The van der Waals surface area contributed by atoms with Gasteiger partial charge in [-0.25, -0.2) is 0 Å². The van der Waals surface area contributed by atoms with Crippen molar-refractivity contribution in [3.63, 3.8) is 0 Å². The number of rotatable bonds is 8. The number of benzene rings is 2. The van der Waals surface area contributed by atoms with Crippen LogP contribution in [0.15, 0.2) is 42.5 Å². The van der Waals surface area contributed by atoms with E-state index >= 15 is 0 Å². The topological polar surface area (TPSA) is 90.6 Å². The summed E-state index contributed by atoms with van der Waals surface area (Å²) < 4.78 is 11.1. The maximum absolute atomic E-state index is 12.4. The lowest BCUT2D eigenvalue weighted by Gasteiger charge is -2.13. The van der Waals surface area contributed by atoms with Gasteiger partial charge in [-0.3, -0.25) is 9.59 Å². The molecule has 0 aliphatic carbocycles. The summed E-state index contributed by atoms with van der Waals surface area (Å²) in [7, 11) is 1.54. The quantitative estimate of drug-likeness (QED) is 0.758. The molecule has 0 aromatic heterocycles. The molecule has 2 amide bonds. The van der Waals surface area contributed by atoms with Crippen LogP contribution in [-0.2, 0) is 0 Å². The van der Waals surface area contributed by atoms with Crippen LogP contribution < -0.4 is 20.5 Å². The van der Waals surface area contributed by atoms with Gasteiger partial charge in [0.2, 0.25) is 5.91 Å². The molecule has 0 radical (unpaired) electrons. The second-order valence-electron chi connectivity index (χ2n) is 6.29.